The van der Waals surface area contributed by atoms with E-state index in [9.17, 15) is 9.59 Å². The highest BCUT2D eigenvalue weighted by Gasteiger charge is 2.30. The first kappa shape index (κ1) is 19.7. The van der Waals surface area contributed by atoms with Gasteiger partial charge in [0.25, 0.3) is 0 Å². The molecule has 6 heteroatoms. The molecule has 6 nitrogen and oxygen atoms in total. The van der Waals surface area contributed by atoms with Gasteiger partial charge in [0, 0.05) is 26.1 Å². The van der Waals surface area contributed by atoms with Crippen molar-refractivity contribution >= 4 is 23.3 Å². The van der Waals surface area contributed by atoms with Crippen molar-refractivity contribution in [1.29, 1.82) is 0 Å². The number of amides is 3. The van der Waals surface area contributed by atoms with Crippen LogP contribution in [0.15, 0.2) is 24.3 Å². The van der Waals surface area contributed by atoms with Crippen LogP contribution >= 0.6 is 0 Å². The maximum absolute atomic E-state index is 12.8. The Hall–Kier alpha value is -2.08. The standard InChI is InChI=1S/C21H32N4O2/c1-16(2)14-20(26)24-12-13-25(19-7-5-4-6-18(19)24)21(27)22-15-17-8-10-23(3)11-9-17/h4-7,16-17H,8-15H2,1-3H3,(H,22,27). The van der Waals surface area contributed by atoms with Crippen LogP contribution in [-0.2, 0) is 4.79 Å². The van der Waals surface area contributed by atoms with Crippen LogP contribution in [-0.4, -0.2) is 56.6 Å². The third kappa shape index (κ3) is 4.80. The van der Waals surface area contributed by atoms with Crippen LogP contribution in [0, 0.1) is 11.8 Å². The number of nitrogens with zero attached hydrogens (tertiary/aromatic N) is 3. The number of nitrogens with one attached hydrogen (secondary N) is 1. The van der Waals surface area contributed by atoms with E-state index in [0.717, 1.165) is 43.9 Å². The third-order valence-corrected chi connectivity index (χ3v) is 5.52. The van der Waals surface area contributed by atoms with E-state index in [4.69, 9.17) is 0 Å². The van der Waals surface area contributed by atoms with Crippen LogP contribution < -0.4 is 15.1 Å². The van der Waals surface area contributed by atoms with E-state index >= 15 is 0 Å². The van der Waals surface area contributed by atoms with Gasteiger partial charge in [-0.25, -0.2) is 4.79 Å². The number of carbonyl (C=O) groups excluding carboxylic acids is 2. The normalized spacial score (nSPS) is 18.5. The molecule has 1 fully saturated rings. The van der Waals surface area contributed by atoms with Crippen LogP contribution in [0.25, 0.3) is 0 Å². The molecule has 1 aromatic rings. The van der Waals surface area contributed by atoms with Crippen LogP contribution in [0.1, 0.15) is 33.1 Å². The molecule has 2 aliphatic heterocycles. The minimum absolute atomic E-state index is 0.0580. The summed E-state index contributed by atoms with van der Waals surface area (Å²) < 4.78 is 0. The Morgan fingerprint density at radius 2 is 1.63 bits per heavy atom. The lowest BCUT2D eigenvalue weighted by molar-refractivity contribution is -0.119. The fourth-order valence-electron chi connectivity index (χ4n) is 3.88. The Balaban J connectivity index is 1.65. The molecule has 0 unspecified atom stereocenters. The zero-order chi connectivity index (χ0) is 19.4. The van der Waals surface area contributed by atoms with Gasteiger partial charge in [-0.05, 0) is 56.9 Å². The van der Waals surface area contributed by atoms with Gasteiger partial charge in [-0.2, -0.15) is 0 Å². The molecule has 0 bridgehead atoms. The van der Waals surface area contributed by atoms with E-state index < -0.39 is 0 Å². The molecule has 148 valence electrons. The average molecular weight is 373 g/mol. The van der Waals surface area contributed by atoms with Crippen molar-refractivity contribution in [2.45, 2.75) is 33.1 Å². The van der Waals surface area contributed by atoms with Gasteiger partial charge in [-0.3, -0.25) is 9.69 Å². The van der Waals surface area contributed by atoms with Crippen molar-refractivity contribution in [3.63, 3.8) is 0 Å². The highest BCUT2D eigenvalue weighted by molar-refractivity contribution is 6.03. The fourth-order valence-corrected chi connectivity index (χ4v) is 3.88. The lowest BCUT2D eigenvalue weighted by atomic mass is 9.97. The van der Waals surface area contributed by atoms with Gasteiger partial charge < -0.3 is 15.1 Å². The summed E-state index contributed by atoms with van der Waals surface area (Å²) in [4.78, 5) is 31.4. The second-order valence-electron chi connectivity index (χ2n) is 8.22. The van der Waals surface area contributed by atoms with E-state index in [2.05, 4.69) is 31.1 Å². The second-order valence-corrected chi connectivity index (χ2v) is 8.22. The highest BCUT2D eigenvalue weighted by Crippen LogP contribution is 2.33. The number of hydrogen-bond donors (Lipinski definition) is 1. The summed E-state index contributed by atoms with van der Waals surface area (Å²) in [5.41, 5.74) is 1.66. The number of benzene rings is 1. The number of hydrogen-bond acceptors (Lipinski definition) is 3. The number of para-hydroxylation sites is 2. The number of carbonyl (C=O) groups is 2. The smallest absolute Gasteiger partial charge is 0.322 e. The summed E-state index contributed by atoms with van der Waals surface area (Å²) in [5, 5.41) is 3.12. The maximum atomic E-state index is 12.8. The van der Waals surface area contributed by atoms with E-state index in [1.807, 2.05) is 29.2 Å². The molecule has 0 saturated carbocycles. The number of rotatable bonds is 4. The zero-order valence-corrected chi connectivity index (χ0v) is 16.8. The van der Waals surface area contributed by atoms with Gasteiger partial charge >= 0.3 is 6.03 Å². The predicted molar refractivity (Wildman–Crippen MR) is 109 cm³/mol. The summed E-state index contributed by atoms with van der Waals surface area (Å²) in [6.07, 6.45) is 2.78. The van der Waals surface area contributed by atoms with Gasteiger partial charge in [0.15, 0.2) is 0 Å². The third-order valence-electron chi connectivity index (χ3n) is 5.52. The Bertz CT molecular complexity index is 668. The number of fused-ring (bicyclic) bond motifs is 1. The number of likely N-dealkylation sites (tertiary alicyclic amines) is 1. The first-order valence-corrected chi connectivity index (χ1v) is 10.1. The molecule has 0 aromatic heterocycles. The molecule has 2 aliphatic rings. The van der Waals surface area contributed by atoms with Crippen molar-refractivity contribution in [3.8, 4) is 0 Å². The minimum atomic E-state index is -0.0580. The van der Waals surface area contributed by atoms with Gasteiger partial charge in [-0.1, -0.05) is 26.0 Å². The fraction of sp³-hybridized carbons (Fsp3) is 0.619. The second kappa shape index (κ2) is 8.74. The Morgan fingerprint density at radius 1 is 1.04 bits per heavy atom. The molecule has 1 saturated heterocycles. The Labute approximate surface area is 162 Å². The lowest BCUT2D eigenvalue weighted by Gasteiger charge is -2.37. The zero-order valence-electron chi connectivity index (χ0n) is 16.8. The molecule has 0 atom stereocenters. The summed E-state index contributed by atoms with van der Waals surface area (Å²) in [6.45, 7) is 8.10. The molecule has 1 aromatic carbocycles. The van der Waals surface area contributed by atoms with E-state index in [1.165, 1.54) is 0 Å². The van der Waals surface area contributed by atoms with Crippen LogP contribution in [0.3, 0.4) is 0 Å². The van der Waals surface area contributed by atoms with Crippen LogP contribution in [0.4, 0.5) is 16.2 Å². The molecule has 3 rings (SSSR count). The van der Waals surface area contributed by atoms with Crippen molar-refractivity contribution < 1.29 is 9.59 Å². The van der Waals surface area contributed by atoms with Gasteiger partial charge in [0.2, 0.25) is 5.91 Å². The molecular weight excluding hydrogens is 340 g/mol. The quantitative estimate of drug-likeness (QED) is 0.884. The number of anilines is 2. The van der Waals surface area contributed by atoms with E-state index in [-0.39, 0.29) is 11.9 Å². The van der Waals surface area contributed by atoms with Crippen molar-refractivity contribution in [1.82, 2.24) is 10.2 Å². The molecule has 0 aliphatic carbocycles. The first-order valence-electron chi connectivity index (χ1n) is 10.1. The summed E-state index contributed by atoms with van der Waals surface area (Å²) >= 11 is 0. The summed E-state index contributed by atoms with van der Waals surface area (Å²) in [7, 11) is 2.14. The number of piperidine rings is 1. The maximum Gasteiger partial charge on any atom is 0.322 e. The monoisotopic (exact) mass is 372 g/mol. The van der Waals surface area contributed by atoms with E-state index in [1.54, 1.807) is 4.90 Å². The Morgan fingerprint density at radius 3 is 2.26 bits per heavy atom. The topological polar surface area (TPSA) is 55.9 Å². The summed E-state index contributed by atoms with van der Waals surface area (Å²) in [6, 6.07) is 7.65. The molecule has 3 amide bonds. The van der Waals surface area contributed by atoms with Crippen LogP contribution in [0.2, 0.25) is 0 Å². The molecular formula is C21H32N4O2. The average Bonchev–Trinajstić information content (AvgIpc) is 2.66. The minimum Gasteiger partial charge on any atom is -0.337 e. The molecule has 0 radical (unpaired) electrons. The number of urea groups is 1. The van der Waals surface area contributed by atoms with Gasteiger partial charge in [-0.15, -0.1) is 0 Å². The largest absolute Gasteiger partial charge is 0.337 e. The van der Waals surface area contributed by atoms with Crippen molar-refractivity contribution in [3.05, 3.63) is 24.3 Å². The van der Waals surface area contributed by atoms with Crippen molar-refractivity contribution in [2.75, 3.05) is 49.6 Å². The lowest BCUT2D eigenvalue weighted by Crippen LogP contribution is -2.50. The molecule has 1 N–H and O–H groups in total. The summed E-state index contributed by atoms with van der Waals surface area (Å²) in [5.74, 6) is 0.999. The van der Waals surface area contributed by atoms with Gasteiger partial charge in [0.05, 0.1) is 11.4 Å². The van der Waals surface area contributed by atoms with E-state index in [0.29, 0.717) is 31.3 Å². The van der Waals surface area contributed by atoms with Gasteiger partial charge in [0.1, 0.15) is 0 Å². The molecule has 27 heavy (non-hydrogen) atoms. The van der Waals surface area contributed by atoms with Crippen LogP contribution in [0.5, 0.6) is 0 Å². The molecule has 2 heterocycles. The van der Waals surface area contributed by atoms with Crippen molar-refractivity contribution in [2.24, 2.45) is 11.8 Å². The SMILES string of the molecule is CC(C)CC(=O)N1CCN(C(=O)NCC2CCN(C)CC2)c2ccccc21. The predicted octanol–water partition coefficient (Wildman–Crippen LogP) is 2.94. The molecule has 0 spiro atoms. The first-order chi connectivity index (χ1) is 13.0. The highest BCUT2D eigenvalue weighted by atomic mass is 16.2. The Kier molecular flexibility index (Phi) is 6.37.